The Morgan fingerprint density at radius 3 is 2.62 bits per heavy atom. The first-order valence-electron chi connectivity index (χ1n) is 7.77. The summed E-state index contributed by atoms with van der Waals surface area (Å²) in [4.78, 5) is 12.7. The summed E-state index contributed by atoms with van der Waals surface area (Å²) >= 11 is 0. The predicted octanol–water partition coefficient (Wildman–Crippen LogP) is 2.78. The van der Waals surface area contributed by atoms with E-state index in [1.807, 2.05) is 31.2 Å². The van der Waals surface area contributed by atoms with Gasteiger partial charge in [0.05, 0.1) is 18.6 Å². The molecule has 0 spiro atoms. The molecule has 4 nitrogen and oxygen atoms in total. The van der Waals surface area contributed by atoms with Crippen molar-refractivity contribution in [1.82, 2.24) is 5.32 Å². The van der Waals surface area contributed by atoms with Gasteiger partial charge >= 0.3 is 0 Å². The number of nitrogens with one attached hydrogen (secondary N) is 1. The molecule has 0 aliphatic heterocycles. The van der Waals surface area contributed by atoms with Gasteiger partial charge in [-0.05, 0) is 25.8 Å². The highest BCUT2D eigenvalue weighted by atomic mass is 16.5. The average molecular weight is 290 g/mol. The standard InChI is InChI=1S/C17H26N2O2/c1-13(14-8-4-5-9-15(14)21-2)19-16(20)17(12-18)10-6-3-7-11-17/h4-5,8-9,13H,3,6-7,10-12,18H2,1-2H3,(H,19,20). The van der Waals surface area contributed by atoms with Crippen molar-refractivity contribution >= 4 is 5.91 Å². The number of amides is 1. The monoisotopic (exact) mass is 290 g/mol. The van der Waals surface area contributed by atoms with E-state index in [2.05, 4.69) is 5.32 Å². The number of para-hydroxylation sites is 1. The van der Waals surface area contributed by atoms with Crippen molar-refractivity contribution in [3.8, 4) is 5.75 Å². The van der Waals surface area contributed by atoms with Gasteiger partial charge < -0.3 is 15.8 Å². The number of hydrogen-bond acceptors (Lipinski definition) is 3. The van der Waals surface area contributed by atoms with Crippen LogP contribution in [0.2, 0.25) is 0 Å². The van der Waals surface area contributed by atoms with E-state index in [-0.39, 0.29) is 17.4 Å². The molecule has 1 amide bonds. The van der Waals surface area contributed by atoms with Crippen molar-refractivity contribution in [2.24, 2.45) is 11.1 Å². The van der Waals surface area contributed by atoms with Gasteiger partial charge in [0.25, 0.3) is 0 Å². The second-order valence-corrected chi connectivity index (χ2v) is 5.98. The summed E-state index contributed by atoms with van der Waals surface area (Å²) in [6, 6.07) is 7.70. The van der Waals surface area contributed by atoms with Crippen molar-refractivity contribution in [3.63, 3.8) is 0 Å². The lowest BCUT2D eigenvalue weighted by molar-refractivity contribution is -0.133. The van der Waals surface area contributed by atoms with Crippen LogP contribution in [0.5, 0.6) is 5.75 Å². The lowest BCUT2D eigenvalue weighted by Crippen LogP contribution is -2.47. The number of hydrogen-bond donors (Lipinski definition) is 2. The molecule has 2 rings (SSSR count). The molecule has 0 radical (unpaired) electrons. The molecule has 1 aliphatic carbocycles. The molecule has 21 heavy (non-hydrogen) atoms. The predicted molar refractivity (Wildman–Crippen MR) is 84.1 cm³/mol. The minimum absolute atomic E-state index is 0.0843. The molecule has 1 aliphatic rings. The molecular weight excluding hydrogens is 264 g/mol. The van der Waals surface area contributed by atoms with Crippen molar-refractivity contribution in [3.05, 3.63) is 29.8 Å². The molecule has 1 fully saturated rings. The fraction of sp³-hybridized carbons (Fsp3) is 0.588. The highest BCUT2D eigenvalue weighted by Gasteiger charge is 2.38. The van der Waals surface area contributed by atoms with Gasteiger partial charge in [0.2, 0.25) is 5.91 Å². The van der Waals surface area contributed by atoms with Crippen LogP contribution in [-0.2, 0) is 4.79 Å². The fourth-order valence-electron chi connectivity index (χ4n) is 3.20. The minimum atomic E-state index is -0.380. The maximum Gasteiger partial charge on any atom is 0.227 e. The van der Waals surface area contributed by atoms with E-state index in [9.17, 15) is 4.79 Å². The van der Waals surface area contributed by atoms with Gasteiger partial charge in [-0.15, -0.1) is 0 Å². The summed E-state index contributed by atoms with van der Waals surface area (Å²) in [5, 5.41) is 3.13. The smallest absolute Gasteiger partial charge is 0.227 e. The van der Waals surface area contributed by atoms with E-state index >= 15 is 0 Å². The van der Waals surface area contributed by atoms with Crippen LogP contribution in [0.1, 0.15) is 50.6 Å². The molecule has 0 heterocycles. The molecule has 0 aromatic heterocycles. The van der Waals surface area contributed by atoms with Crippen LogP contribution in [0.4, 0.5) is 0 Å². The maximum absolute atomic E-state index is 12.7. The number of carbonyl (C=O) groups excluding carboxylic acids is 1. The first kappa shape index (κ1) is 15.8. The van der Waals surface area contributed by atoms with Gasteiger partial charge in [-0.1, -0.05) is 37.5 Å². The highest BCUT2D eigenvalue weighted by molar-refractivity contribution is 5.83. The zero-order valence-corrected chi connectivity index (χ0v) is 13.0. The van der Waals surface area contributed by atoms with E-state index < -0.39 is 0 Å². The largest absolute Gasteiger partial charge is 0.496 e. The third-order valence-electron chi connectivity index (χ3n) is 4.64. The Bertz CT molecular complexity index is 481. The number of carbonyl (C=O) groups is 1. The second kappa shape index (κ2) is 6.94. The zero-order valence-electron chi connectivity index (χ0n) is 13.0. The van der Waals surface area contributed by atoms with Crippen LogP contribution in [0, 0.1) is 5.41 Å². The van der Waals surface area contributed by atoms with E-state index in [0.29, 0.717) is 6.54 Å². The van der Waals surface area contributed by atoms with Crippen molar-refractivity contribution < 1.29 is 9.53 Å². The first-order chi connectivity index (χ1) is 10.1. The van der Waals surface area contributed by atoms with Gasteiger partial charge in [-0.25, -0.2) is 0 Å². The van der Waals surface area contributed by atoms with Crippen molar-refractivity contribution in [2.45, 2.75) is 45.1 Å². The third kappa shape index (κ3) is 3.38. The van der Waals surface area contributed by atoms with Crippen LogP contribution in [-0.4, -0.2) is 19.6 Å². The van der Waals surface area contributed by atoms with E-state index in [1.165, 1.54) is 6.42 Å². The number of rotatable bonds is 5. The molecule has 1 aromatic carbocycles. The lowest BCUT2D eigenvalue weighted by Gasteiger charge is -2.35. The first-order valence-corrected chi connectivity index (χ1v) is 7.77. The molecule has 1 aromatic rings. The summed E-state index contributed by atoms with van der Waals surface area (Å²) in [6.45, 7) is 2.42. The van der Waals surface area contributed by atoms with Crippen LogP contribution in [0.15, 0.2) is 24.3 Å². The summed E-state index contributed by atoms with van der Waals surface area (Å²) in [5.74, 6) is 0.888. The van der Waals surface area contributed by atoms with Crippen LogP contribution in [0.25, 0.3) is 0 Å². The van der Waals surface area contributed by atoms with Gasteiger partial charge in [0.1, 0.15) is 5.75 Å². The van der Waals surface area contributed by atoms with Gasteiger partial charge in [-0.3, -0.25) is 4.79 Å². The van der Waals surface area contributed by atoms with Crippen molar-refractivity contribution in [2.75, 3.05) is 13.7 Å². The molecule has 1 unspecified atom stereocenters. The average Bonchev–Trinajstić information content (AvgIpc) is 2.55. The molecule has 4 heteroatoms. The van der Waals surface area contributed by atoms with Crippen LogP contribution >= 0.6 is 0 Å². The van der Waals surface area contributed by atoms with Gasteiger partial charge in [0, 0.05) is 12.1 Å². The van der Waals surface area contributed by atoms with Gasteiger partial charge in [-0.2, -0.15) is 0 Å². The quantitative estimate of drug-likeness (QED) is 0.876. The number of nitrogens with two attached hydrogens (primary N) is 1. The lowest BCUT2D eigenvalue weighted by atomic mass is 9.73. The summed E-state index contributed by atoms with van der Waals surface area (Å²) < 4.78 is 5.37. The normalized spacial score (nSPS) is 18.8. The highest BCUT2D eigenvalue weighted by Crippen LogP contribution is 2.36. The number of methoxy groups -OCH3 is 1. The maximum atomic E-state index is 12.7. The second-order valence-electron chi connectivity index (χ2n) is 5.98. The molecule has 0 bridgehead atoms. The van der Waals surface area contributed by atoms with E-state index in [4.69, 9.17) is 10.5 Å². The molecule has 1 atom stereocenters. The zero-order chi connectivity index (χ0) is 15.3. The third-order valence-corrected chi connectivity index (χ3v) is 4.64. The SMILES string of the molecule is COc1ccccc1C(C)NC(=O)C1(CN)CCCCC1. The van der Waals surface area contributed by atoms with Crippen LogP contribution < -0.4 is 15.8 Å². The molecule has 1 saturated carbocycles. The minimum Gasteiger partial charge on any atom is -0.496 e. The van der Waals surface area contributed by atoms with E-state index in [0.717, 1.165) is 37.0 Å². The Balaban J connectivity index is 2.11. The number of benzene rings is 1. The summed E-state index contributed by atoms with van der Waals surface area (Å²) in [7, 11) is 1.65. The Labute approximate surface area is 127 Å². The summed E-state index contributed by atoms with van der Waals surface area (Å²) in [6.07, 6.45) is 5.18. The van der Waals surface area contributed by atoms with Crippen LogP contribution in [0.3, 0.4) is 0 Å². The molecule has 0 saturated heterocycles. The fourth-order valence-corrected chi connectivity index (χ4v) is 3.20. The molecule has 116 valence electrons. The Morgan fingerprint density at radius 1 is 1.33 bits per heavy atom. The van der Waals surface area contributed by atoms with Crippen molar-refractivity contribution in [1.29, 1.82) is 0 Å². The Morgan fingerprint density at radius 2 is 2.00 bits per heavy atom. The Hall–Kier alpha value is -1.55. The molecular formula is C17H26N2O2. The summed E-state index contributed by atoms with van der Waals surface area (Å²) in [5.41, 5.74) is 6.54. The van der Waals surface area contributed by atoms with Gasteiger partial charge in [0.15, 0.2) is 0 Å². The van der Waals surface area contributed by atoms with E-state index in [1.54, 1.807) is 7.11 Å². The number of ether oxygens (including phenoxy) is 1. The topological polar surface area (TPSA) is 64.3 Å². The Kier molecular flexibility index (Phi) is 5.23. The molecule has 3 N–H and O–H groups in total.